The van der Waals surface area contributed by atoms with Gasteiger partial charge in [0.2, 0.25) is 5.91 Å². The number of carbonyl (C=O) groups excluding carboxylic acids is 3. The normalized spacial score (nSPS) is 39.1. The average molecular weight is 701 g/mol. The number of carboxylic acid groups (broad SMARTS) is 1. The number of esters is 1. The maximum Gasteiger partial charge on any atom is 0.407 e. The van der Waals surface area contributed by atoms with E-state index in [0.29, 0.717) is 43.2 Å². The van der Waals surface area contributed by atoms with Crippen molar-refractivity contribution in [1.82, 2.24) is 10.6 Å². The summed E-state index contributed by atoms with van der Waals surface area (Å²) in [5.41, 5.74) is -1.27. The molecule has 0 bridgehead atoms. The van der Waals surface area contributed by atoms with Gasteiger partial charge in [0.1, 0.15) is 11.7 Å². The topological polar surface area (TPSA) is 131 Å². The van der Waals surface area contributed by atoms with Crippen LogP contribution in [0.4, 0.5) is 4.79 Å². The molecule has 2 unspecified atom stereocenters. The molecule has 0 saturated heterocycles. The van der Waals surface area contributed by atoms with Crippen molar-refractivity contribution in [3.05, 3.63) is 0 Å². The highest BCUT2D eigenvalue weighted by Gasteiger charge is 2.70. The molecule has 0 aliphatic heterocycles. The predicted molar refractivity (Wildman–Crippen MR) is 193 cm³/mol. The molecule has 0 aromatic carbocycles. The number of carboxylic acids is 1. The van der Waals surface area contributed by atoms with E-state index in [2.05, 4.69) is 45.3 Å². The molecule has 9 nitrogen and oxygen atoms in total. The Morgan fingerprint density at radius 1 is 0.740 bits per heavy atom. The van der Waals surface area contributed by atoms with E-state index in [1.165, 1.54) is 38.5 Å². The van der Waals surface area contributed by atoms with Gasteiger partial charge in [0, 0.05) is 24.9 Å². The first-order valence-corrected chi connectivity index (χ1v) is 19.7. The first-order valence-electron chi connectivity index (χ1n) is 19.7. The van der Waals surface area contributed by atoms with Crippen LogP contribution in [-0.4, -0.2) is 53.8 Å². The summed E-state index contributed by atoms with van der Waals surface area (Å²) in [4.78, 5) is 50.1. The molecule has 0 aromatic heterocycles. The van der Waals surface area contributed by atoms with E-state index in [4.69, 9.17) is 9.47 Å². The number of aliphatic carboxylic acids is 1. The van der Waals surface area contributed by atoms with Crippen LogP contribution in [0.5, 0.6) is 0 Å². The van der Waals surface area contributed by atoms with Gasteiger partial charge in [-0.2, -0.15) is 0 Å². The van der Waals surface area contributed by atoms with Gasteiger partial charge < -0.3 is 25.2 Å². The number of hydrogen-bond donors (Lipinski definition) is 3. The smallest absolute Gasteiger partial charge is 0.407 e. The molecule has 284 valence electrons. The van der Waals surface area contributed by atoms with E-state index < -0.39 is 29.0 Å². The molecule has 3 N–H and O–H groups in total. The minimum atomic E-state index is -1.15. The lowest BCUT2D eigenvalue weighted by Crippen LogP contribution is -2.66. The first kappa shape index (κ1) is 38.9. The molecular weight excluding hydrogens is 632 g/mol. The molecule has 9 atom stereocenters. The molecule has 0 radical (unpaired) electrons. The Balaban J connectivity index is 1.25. The summed E-state index contributed by atoms with van der Waals surface area (Å²) in [5.74, 6) is 0.917. The largest absolute Gasteiger partial charge is 0.481 e. The lowest BCUT2D eigenvalue weighted by atomic mass is 9.32. The van der Waals surface area contributed by atoms with Crippen molar-refractivity contribution < 1.29 is 33.8 Å². The fourth-order valence-electron chi connectivity index (χ4n) is 12.9. The highest BCUT2D eigenvalue weighted by molar-refractivity contribution is 5.81. The highest BCUT2D eigenvalue weighted by Crippen LogP contribution is 2.77. The van der Waals surface area contributed by atoms with Crippen LogP contribution in [0, 0.1) is 56.2 Å². The molecule has 5 aliphatic carbocycles. The lowest BCUT2D eigenvalue weighted by Gasteiger charge is -2.72. The minimum Gasteiger partial charge on any atom is -0.481 e. The maximum absolute atomic E-state index is 13.4. The second-order valence-electron chi connectivity index (χ2n) is 20.2. The summed E-state index contributed by atoms with van der Waals surface area (Å²) in [5, 5.41) is 15.4. The van der Waals surface area contributed by atoms with Crippen molar-refractivity contribution in [2.45, 2.75) is 164 Å². The molecule has 5 rings (SSSR count). The van der Waals surface area contributed by atoms with E-state index in [0.717, 1.165) is 32.1 Å². The van der Waals surface area contributed by atoms with E-state index in [-0.39, 0.29) is 45.5 Å². The van der Waals surface area contributed by atoms with Crippen LogP contribution >= 0.6 is 0 Å². The number of alkyl carbamates (subject to hydrolysis) is 1. The Morgan fingerprint density at radius 3 is 2.08 bits per heavy atom. The summed E-state index contributed by atoms with van der Waals surface area (Å²) < 4.78 is 11.5. The van der Waals surface area contributed by atoms with Gasteiger partial charge in [0.15, 0.2) is 0 Å². The Bertz CT molecular complexity index is 1340. The zero-order valence-corrected chi connectivity index (χ0v) is 32.9. The van der Waals surface area contributed by atoms with Crippen LogP contribution < -0.4 is 10.6 Å². The van der Waals surface area contributed by atoms with E-state index in [1.54, 1.807) is 13.8 Å². The first-order chi connectivity index (χ1) is 23.0. The zero-order chi connectivity index (χ0) is 37.1. The summed E-state index contributed by atoms with van der Waals surface area (Å²) >= 11 is 0. The van der Waals surface area contributed by atoms with Gasteiger partial charge in [0.25, 0.3) is 0 Å². The minimum absolute atomic E-state index is 0.0658. The van der Waals surface area contributed by atoms with Gasteiger partial charge >= 0.3 is 18.0 Å². The third kappa shape index (κ3) is 6.81. The van der Waals surface area contributed by atoms with Crippen molar-refractivity contribution in [1.29, 1.82) is 0 Å². The van der Waals surface area contributed by atoms with Crippen molar-refractivity contribution >= 4 is 23.9 Å². The second kappa shape index (κ2) is 13.3. The third-order valence-electron chi connectivity index (χ3n) is 15.5. The Morgan fingerprint density at radius 2 is 1.42 bits per heavy atom. The number of ether oxygens (including phenoxy) is 2. The van der Waals surface area contributed by atoms with Crippen LogP contribution in [-0.2, 0) is 23.9 Å². The van der Waals surface area contributed by atoms with E-state index in [1.807, 2.05) is 20.8 Å². The molecule has 2 amide bonds. The van der Waals surface area contributed by atoms with Gasteiger partial charge in [-0.15, -0.1) is 0 Å². The molecule has 50 heavy (non-hydrogen) atoms. The standard InChI is InChI=1S/C41H68N2O7/c1-35(2,3)50-34(48)43-23-22-42-31(44)24-41-17-11-12-27(41)26-13-14-29-38(8)18-16-30(49-32(45)25-36(4,5)33(46)47)37(6,7)28(38)15-19-40(29,10)39(26,9)20-21-41/h26-30H,11-25H2,1-10H3,(H,42,44)(H,43,48)(H,46,47)/t26-,27-,28?,29?,30+,38+,39-,40-,41-/m1/s1. The molecule has 5 fully saturated rings. The summed E-state index contributed by atoms with van der Waals surface area (Å²) in [6.45, 7) is 21.8. The van der Waals surface area contributed by atoms with Gasteiger partial charge in [-0.3, -0.25) is 14.4 Å². The summed E-state index contributed by atoms with van der Waals surface area (Å²) in [7, 11) is 0. The molecule has 0 heterocycles. The SMILES string of the molecule is CC(C)(C)OC(=O)NCCNC(=O)C[C@]12CCC[C@@H]1[C@H]1CCC3[C@@]4(C)CC[C@H](OC(=O)CC(C)(C)C(=O)O)C(C)(C)C4CC[C@@]3(C)[C@]1(C)CC2. The molecule has 5 aliphatic rings. The quantitative estimate of drug-likeness (QED) is 0.163. The Labute approximate surface area is 301 Å². The van der Waals surface area contributed by atoms with E-state index in [9.17, 15) is 24.3 Å². The van der Waals surface area contributed by atoms with Gasteiger partial charge in [-0.05, 0) is 144 Å². The van der Waals surface area contributed by atoms with Gasteiger partial charge in [-0.1, -0.05) is 41.0 Å². The van der Waals surface area contributed by atoms with Crippen molar-refractivity contribution in [2.75, 3.05) is 13.1 Å². The van der Waals surface area contributed by atoms with Crippen molar-refractivity contribution in [3.8, 4) is 0 Å². The van der Waals surface area contributed by atoms with Crippen LogP contribution in [0.2, 0.25) is 0 Å². The maximum atomic E-state index is 13.4. The fourth-order valence-corrected chi connectivity index (χ4v) is 12.9. The Hall–Kier alpha value is -2.32. The highest BCUT2D eigenvalue weighted by atomic mass is 16.6. The van der Waals surface area contributed by atoms with Gasteiger partial charge in [0.05, 0.1) is 11.8 Å². The molecule has 5 saturated carbocycles. The summed E-state index contributed by atoms with van der Waals surface area (Å²) in [6, 6.07) is 0. The number of carbonyl (C=O) groups is 4. The van der Waals surface area contributed by atoms with E-state index >= 15 is 0 Å². The molecular formula is C41H68N2O7. The number of rotatable bonds is 9. The van der Waals surface area contributed by atoms with Crippen LogP contribution in [0.3, 0.4) is 0 Å². The fraction of sp³-hybridized carbons (Fsp3) is 0.902. The number of hydrogen-bond acceptors (Lipinski definition) is 6. The average Bonchev–Trinajstić information content (AvgIpc) is 3.39. The lowest BCUT2D eigenvalue weighted by molar-refractivity contribution is -0.248. The van der Waals surface area contributed by atoms with Crippen LogP contribution in [0.25, 0.3) is 0 Å². The predicted octanol–water partition coefficient (Wildman–Crippen LogP) is 8.29. The molecule has 0 spiro atoms. The van der Waals surface area contributed by atoms with Crippen molar-refractivity contribution in [3.63, 3.8) is 0 Å². The second-order valence-corrected chi connectivity index (χ2v) is 20.2. The van der Waals surface area contributed by atoms with Crippen molar-refractivity contribution in [2.24, 2.45) is 56.2 Å². The summed E-state index contributed by atoms with van der Waals surface area (Å²) in [6.07, 6.45) is 12.2. The number of amides is 2. The third-order valence-corrected chi connectivity index (χ3v) is 15.5. The molecule has 9 heteroatoms. The number of fused-ring (bicyclic) bond motifs is 7. The van der Waals surface area contributed by atoms with Crippen LogP contribution in [0.15, 0.2) is 0 Å². The van der Waals surface area contributed by atoms with Crippen LogP contribution in [0.1, 0.15) is 153 Å². The Kier molecular flexibility index (Phi) is 10.3. The van der Waals surface area contributed by atoms with Gasteiger partial charge in [-0.25, -0.2) is 4.79 Å². The zero-order valence-electron chi connectivity index (χ0n) is 32.9. The molecule has 0 aromatic rings. The number of nitrogens with one attached hydrogen (secondary N) is 2. The monoisotopic (exact) mass is 701 g/mol.